The van der Waals surface area contributed by atoms with Crippen LogP contribution in [0.2, 0.25) is 0 Å². The summed E-state index contributed by atoms with van der Waals surface area (Å²) >= 11 is 3.72. The van der Waals surface area contributed by atoms with Crippen LogP contribution in [-0.4, -0.2) is 10.1 Å². The molecule has 0 aromatic heterocycles. The van der Waals surface area contributed by atoms with Gasteiger partial charge in [0.25, 0.3) is 0 Å². The second kappa shape index (κ2) is 3.48. The summed E-state index contributed by atoms with van der Waals surface area (Å²) in [7, 11) is 0. The van der Waals surface area contributed by atoms with Crippen molar-refractivity contribution in [3.8, 4) is 0 Å². The van der Waals surface area contributed by atoms with Crippen LogP contribution in [0.15, 0.2) is 11.1 Å². The van der Waals surface area contributed by atoms with Crippen LogP contribution >= 0.6 is 15.9 Å². The lowest BCUT2D eigenvalue weighted by Crippen LogP contribution is -2.45. The summed E-state index contributed by atoms with van der Waals surface area (Å²) in [6.07, 6.45) is 5.12. The molecule has 2 rings (SSSR count). The van der Waals surface area contributed by atoms with Crippen molar-refractivity contribution in [1.29, 1.82) is 0 Å². The highest BCUT2D eigenvalue weighted by atomic mass is 79.9. The molecule has 1 nitrogen and oxygen atoms in total. The van der Waals surface area contributed by atoms with Crippen LogP contribution in [0.3, 0.4) is 0 Å². The van der Waals surface area contributed by atoms with Crippen LogP contribution in [0.5, 0.6) is 0 Å². The van der Waals surface area contributed by atoms with Gasteiger partial charge >= 0.3 is 0 Å². The quantitative estimate of drug-likeness (QED) is 0.478. The van der Waals surface area contributed by atoms with Crippen LogP contribution in [-0.2, 0) is 4.79 Å². The zero-order valence-electron chi connectivity index (χ0n) is 8.90. The van der Waals surface area contributed by atoms with Crippen LogP contribution in [0.4, 0.5) is 0 Å². The third-order valence-corrected chi connectivity index (χ3v) is 5.24. The number of rotatable bonds is 0. The second-order valence-electron chi connectivity index (χ2n) is 4.82. The second-order valence-corrected chi connectivity index (χ2v) is 6.23. The summed E-state index contributed by atoms with van der Waals surface area (Å²) in [5.74, 6) is 0.980. The van der Waals surface area contributed by atoms with Gasteiger partial charge in [0.2, 0.25) is 0 Å². The summed E-state index contributed by atoms with van der Waals surface area (Å²) < 4.78 is -0.200. The highest BCUT2D eigenvalue weighted by Gasteiger charge is 2.47. The topological polar surface area (TPSA) is 17.1 Å². The van der Waals surface area contributed by atoms with Crippen molar-refractivity contribution >= 4 is 21.7 Å². The van der Waals surface area contributed by atoms with E-state index in [1.807, 2.05) is 0 Å². The van der Waals surface area contributed by atoms with Gasteiger partial charge in [0.05, 0.1) is 4.32 Å². The normalized spacial score (nSPS) is 38.5. The Morgan fingerprint density at radius 3 is 2.79 bits per heavy atom. The molecule has 0 amide bonds. The monoisotopic (exact) mass is 256 g/mol. The first-order valence-corrected chi connectivity index (χ1v) is 6.21. The number of halogens is 1. The van der Waals surface area contributed by atoms with E-state index in [0.29, 0.717) is 11.7 Å². The molecule has 0 heterocycles. The molecule has 14 heavy (non-hydrogen) atoms. The zero-order chi connectivity index (χ0) is 10.3. The summed E-state index contributed by atoms with van der Waals surface area (Å²) in [6, 6.07) is 0. The molecule has 2 aliphatic rings. The molecule has 0 N–H and O–H groups in total. The standard InChI is InChI=1S/C12H17BrO/c1-8-6-10-4-3-5-11(14)12(10,13)7-9(8)2/h10H,3-7H2,1-2H3/t10?,12-/m1/s1. The van der Waals surface area contributed by atoms with E-state index in [1.165, 1.54) is 17.6 Å². The first-order chi connectivity index (χ1) is 6.54. The molecule has 0 radical (unpaired) electrons. The van der Waals surface area contributed by atoms with Gasteiger partial charge in [-0.05, 0) is 45.4 Å². The lowest BCUT2D eigenvalue weighted by atomic mass is 9.68. The third kappa shape index (κ3) is 1.48. The first kappa shape index (κ1) is 10.4. The van der Waals surface area contributed by atoms with E-state index in [9.17, 15) is 4.79 Å². The summed E-state index contributed by atoms with van der Waals surface area (Å²) in [6.45, 7) is 4.37. The van der Waals surface area contributed by atoms with Crippen molar-refractivity contribution in [2.45, 2.75) is 50.3 Å². The number of alkyl halides is 1. The van der Waals surface area contributed by atoms with Gasteiger partial charge in [0.15, 0.2) is 0 Å². The van der Waals surface area contributed by atoms with E-state index in [0.717, 1.165) is 25.7 Å². The van der Waals surface area contributed by atoms with E-state index in [-0.39, 0.29) is 4.32 Å². The van der Waals surface area contributed by atoms with Gasteiger partial charge in [0.1, 0.15) is 5.78 Å². The van der Waals surface area contributed by atoms with Gasteiger partial charge in [-0.25, -0.2) is 0 Å². The molecular weight excluding hydrogens is 240 g/mol. The lowest BCUT2D eigenvalue weighted by Gasteiger charge is -2.42. The minimum Gasteiger partial charge on any atom is -0.298 e. The molecular formula is C12H17BrO. The number of allylic oxidation sites excluding steroid dienone is 2. The van der Waals surface area contributed by atoms with Gasteiger partial charge in [-0.3, -0.25) is 4.79 Å². The summed E-state index contributed by atoms with van der Waals surface area (Å²) in [5.41, 5.74) is 2.91. The van der Waals surface area contributed by atoms with E-state index < -0.39 is 0 Å². The predicted molar refractivity (Wildman–Crippen MR) is 61.6 cm³/mol. The molecule has 2 aliphatic carbocycles. The molecule has 1 fully saturated rings. The van der Waals surface area contributed by atoms with Crippen LogP contribution in [0, 0.1) is 5.92 Å². The average molecular weight is 257 g/mol. The Labute approximate surface area is 94.1 Å². The molecule has 0 spiro atoms. The van der Waals surface area contributed by atoms with Crippen LogP contribution in [0.25, 0.3) is 0 Å². The molecule has 1 unspecified atom stereocenters. The van der Waals surface area contributed by atoms with Crippen molar-refractivity contribution in [2.24, 2.45) is 5.92 Å². The molecule has 0 aromatic carbocycles. The largest absolute Gasteiger partial charge is 0.298 e. The maximum absolute atomic E-state index is 11.9. The number of carbonyl (C=O) groups excluding carboxylic acids is 1. The highest BCUT2D eigenvalue weighted by molar-refractivity contribution is 9.10. The van der Waals surface area contributed by atoms with Crippen LogP contribution < -0.4 is 0 Å². The van der Waals surface area contributed by atoms with Crippen molar-refractivity contribution in [2.75, 3.05) is 0 Å². The minimum atomic E-state index is -0.200. The van der Waals surface area contributed by atoms with Gasteiger partial charge in [-0.1, -0.05) is 27.1 Å². The Balaban J connectivity index is 2.33. The molecule has 0 aromatic rings. The van der Waals surface area contributed by atoms with Crippen LogP contribution in [0.1, 0.15) is 46.0 Å². The maximum atomic E-state index is 11.9. The summed E-state index contributed by atoms with van der Waals surface area (Å²) in [5, 5.41) is 0. The smallest absolute Gasteiger partial charge is 0.150 e. The van der Waals surface area contributed by atoms with Crippen molar-refractivity contribution in [1.82, 2.24) is 0 Å². The van der Waals surface area contributed by atoms with E-state index in [1.54, 1.807) is 0 Å². The zero-order valence-corrected chi connectivity index (χ0v) is 10.5. The number of hydrogen-bond donors (Lipinski definition) is 0. The highest BCUT2D eigenvalue weighted by Crippen LogP contribution is 2.49. The minimum absolute atomic E-state index is 0.200. The van der Waals surface area contributed by atoms with Gasteiger partial charge in [-0.15, -0.1) is 0 Å². The van der Waals surface area contributed by atoms with Gasteiger partial charge in [0, 0.05) is 6.42 Å². The number of ketones is 1. The Kier molecular flexibility index (Phi) is 2.59. The van der Waals surface area contributed by atoms with Crippen molar-refractivity contribution in [3.05, 3.63) is 11.1 Å². The molecule has 2 atom stereocenters. The Morgan fingerprint density at radius 1 is 1.36 bits per heavy atom. The first-order valence-electron chi connectivity index (χ1n) is 5.41. The number of hydrogen-bond acceptors (Lipinski definition) is 1. The fraction of sp³-hybridized carbons (Fsp3) is 0.750. The Bertz CT molecular complexity index is 305. The number of Topliss-reactive ketones (excluding diaryl/α,β-unsaturated/α-hetero) is 1. The molecule has 0 saturated heterocycles. The Morgan fingerprint density at radius 2 is 2.07 bits per heavy atom. The number of carbonyl (C=O) groups is 1. The molecule has 0 aliphatic heterocycles. The number of fused-ring (bicyclic) bond motifs is 1. The molecule has 2 heteroatoms. The fourth-order valence-electron chi connectivity index (χ4n) is 2.76. The predicted octanol–water partition coefficient (Wildman–Crippen LogP) is 3.62. The maximum Gasteiger partial charge on any atom is 0.150 e. The van der Waals surface area contributed by atoms with Gasteiger partial charge in [-0.2, -0.15) is 0 Å². The fourth-order valence-corrected chi connectivity index (χ4v) is 3.77. The van der Waals surface area contributed by atoms with E-state index in [4.69, 9.17) is 0 Å². The third-order valence-electron chi connectivity index (χ3n) is 3.87. The molecule has 78 valence electrons. The Hall–Kier alpha value is -0.110. The molecule has 0 bridgehead atoms. The SMILES string of the molecule is CC1=C(C)C[C@]2(Br)C(=O)CCCC2C1. The lowest BCUT2D eigenvalue weighted by molar-refractivity contribution is -0.124. The molecule has 1 saturated carbocycles. The van der Waals surface area contributed by atoms with E-state index in [2.05, 4.69) is 29.8 Å². The van der Waals surface area contributed by atoms with Crippen molar-refractivity contribution < 1.29 is 4.79 Å². The van der Waals surface area contributed by atoms with Crippen molar-refractivity contribution in [3.63, 3.8) is 0 Å². The van der Waals surface area contributed by atoms with E-state index >= 15 is 0 Å². The summed E-state index contributed by atoms with van der Waals surface area (Å²) in [4.78, 5) is 11.9. The van der Waals surface area contributed by atoms with Gasteiger partial charge < -0.3 is 0 Å². The average Bonchev–Trinajstić information content (AvgIpc) is 2.11.